The Hall–Kier alpha value is -3.28. The minimum atomic E-state index is 0.440. The van der Waals surface area contributed by atoms with Gasteiger partial charge in [0.05, 0.1) is 5.69 Å². The van der Waals surface area contributed by atoms with E-state index in [-0.39, 0.29) is 0 Å². The zero-order chi connectivity index (χ0) is 21.6. The summed E-state index contributed by atoms with van der Waals surface area (Å²) in [5.74, 6) is 0.808. The third-order valence-corrected chi connectivity index (χ3v) is 6.03. The van der Waals surface area contributed by atoms with Crippen molar-refractivity contribution in [2.24, 2.45) is 0 Å². The van der Waals surface area contributed by atoms with E-state index < -0.39 is 0 Å². The van der Waals surface area contributed by atoms with Gasteiger partial charge in [-0.25, -0.2) is 0 Å². The first-order chi connectivity index (χ1) is 15.8. The lowest BCUT2D eigenvalue weighted by Crippen LogP contribution is -2.45. The van der Waals surface area contributed by atoms with Gasteiger partial charge in [0, 0.05) is 57.0 Å². The molecule has 5 nitrogen and oxygen atoms in total. The summed E-state index contributed by atoms with van der Waals surface area (Å²) >= 11 is 0. The van der Waals surface area contributed by atoms with E-state index in [1.54, 1.807) is 6.20 Å². The number of aromatic nitrogens is 2. The zero-order valence-electron chi connectivity index (χ0n) is 18.2. The van der Waals surface area contributed by atoms with Gasteiger partial charge in [0.2, 0.25) is 0 Å². The molecule has 0 atom stereocenters. The quantitative estimate of drug-likeness (QED) is 0.436. The Balaban J connectivity index is 1.24. The highest BCUT2D eigenvalue weighted by Crippen LogP contribution is 2.28. The number of fused-ring (bicyclic) bond motifs is 1. The van der Waals surface area contributed by atoms with Crippen LogP contribution >= 0.6 is 0 Å². The maximum Gasteiger partial charge on any atom is 0.146 e. The Morgan fingerprint density at radius 3 is 2.22 bits per heavy atom. The Kier molecular flexibility index (Phi) is 6.37. The van der Waals surface area contributed by atoms with Crippen molar-refractivity contribution in [2.75, 3.05) is 26.2 Å². The number of hydrogen-bond acceptors (Lipinski definition) is 5. The highest BCUT2D eigenvalue weighted by Gasteiger charge is 2.18. The molecule has 2 aromatic carbocycles. The smallest absolute Gasteiger partial charge is 0.146 e. The average molecular weight is 425 g/mol. The van der Waals surface area contributed by atoms with Crippen molar-refractivity contribution in [1.29, 1.82) is 0 Å². The van der Waals surface area contributed by atoms with Gasteiger partial charge in [0.25, 0.3) is 0 Å². The van der Waals surface area contributed by atoms with Crippen LogP contribution in [0.3, 0.4) is 0 Å². The Morgan fingerprint density at radius 1 is 0.688 bits per heavy atom. The predicted molar refractivity (Wildman–Crippen MR) is 127 cm³/mol. The van der Waals surface area contributed by atoms with Gasteiger partial charge in [-0.2, -0.15) is 0 Å². The summed E-state index contributed by atoms with van der Waals surface area (Å²) in [5.41, 5.74) is 4.52. The van der Waals surface area contributed by atoms with E-state index in [4.69, 9.17) is 4.74 Å². The molecule has 1 aliphatic heterocycles. The molecule has 2 aromatic heterocycles. The van der Waals surface area contributed by atoms with E-state index in [0.29, 0.717) is 6.61 Å². The van der Waals surface area contributed by atoms with Crippen LogP contribution in [-0.2, 0) is 19.7 Å². The van der Waals surface area contributed by atoms with Crippen molar-refractivity contribution in [3.05, 3.63) is 102 Å². The number of rotatable bonds is 7. The van der Waals surface area contributed by atoms with Gasteiger partial charge < -0.3 is 4.74 Å². The van der Waals surface area contributed by atoms with Crippen molar-refractivity contribution < 1.29 is 4.74 Å². The van der Waals surface area contributed by atoms with Gasteiger partial charge in [-0.3, -0.25) is 19.8 Å². The second-order valence-corrected chi connectivity index (χ2v) is 8.27. The molecule has 1 aliphatic rings. The van der Waals surface area contributed by atoms with Crippen LogP contribution in [0, 0.1) is 0 Å². The maximum atomic E-state index is 6.08. The van der Waals surface area contributed by atoms with E-state index in [0.717, 1.165) is 61.6 Å². The molecule has 1 fully saturated rings. The van der Waals surface area contributed by atoms with E-state index in [2.05, 4.69) is 68.3 Å². The molecule has 5 heteroatoms. The minimum absolute atomic E-state index is 0.440. The van der Waals surface area contributed by atoms with Crippen LogP contribution in [0.15, 0.2) is 85.2 Å². The molecule has 3 heterocycles. The fraction of sp³-hybridized carbons (Fsp3) is 0.259. The van der Waals surface area contributed by atoms with Crippen molar-refractivity contribution in [3.63, 3.8) is 0 Å². The molecule has 0 bridgehead atoms. The van der Waals surface area contributed by atoms with Crippen molar-refractivity contribution in [3.8, 4) is 5.75 Å². The molecule has 0 radical (unpaired) electrons. The highest BCUT2D eigenvalue weighted by molar-refractivity contribution is 5.87. The molecule has 0 unspecified atom stereocenters. The number of ether oxygens (including phenoxy) is 1. The monoisotopic (exact) mass is 424 g/mol. The third kappa shape index (κ3) is 4.96. The fourth-order valence-electron chi connectivity index (χ4n) is 4.28. The van der Waals surface area contributed by atoms with Crippen LogP contribution in [0.25, 0.3) is 10.9 Å². The largest absolute Gasteiger partial charge is 0.485 e. The Bertz CT molecular complexity index is 1140. The van der Waals surface area contributed by atoms with Gasteiger partial charge >= 0.3 is 0 Å². The third-order valence-electron chi connectivity index (χ3n) is 6.03. The van der Waals surface area contributed by atoms with E-state index in [1.807, 2.05) is 30.5 Å². The number of benzene rings is 2. The standard InChI is InChI=1S/C27H28N4O/c1-2-7-22(8-3-1)19-30-15-17-31(18-16-30)20-23-11-12-26(27-25(23)10-6-14-29-27)32-21-24-9-4-5-13-28-24/h1-14H,15-21H2. The average Bonchev–Trinajstić information content (AvgIpc) is 2.86. The van der Waals surface area contributed by atoms with Gasteiger partial charge in [0.1, 0.15) is 17.9 Å². The van der Waals surface area contributed by atoms with E-state index >= 15 is 0 Å². The molecule has 0 spiro atoms. The van der Waals surface area contributed by atoms with Gasteiger partial charge in [-0.1, -0.05) is 48.5 Å². The second kappa shape index (κ2) is 9.90. The minimum Gasteiger partial charge on any atom is -0.485 e. The predicted octanol–water partition coefficient (Wildman–Crippen LogP) is 4.53. The van der Waals surface area contributed by atoms with Crippen LogP contribution in [0.2, 0.25) is 0 Å². The molecule has 0 aliphatic carbocycles. The highest BCUT2D eigenvalue weighted by atomic mass is 16.5. The van der Waals surface area contributed by atoms with Gasteiger partial charge in [-0.15, -0.1) is 0 Å². The summed E-state index contributed by atoms with van der Waals surface area (Å²) in [6.45, 7) is 6.74. The van der Waals surface area contributed by atoms with Crippen molar-refractivity contribution in [1.82, 2.24) is 19.8 Å². The summed E-state index contributed by atoms with van der Waals surface area (Å²) < 4.78 is 6.08. The lowest BCUT2D eigenvalue weighted by molar-refractivity contribution is 0.122. The summed E-state index contributed by atoms with van der Waals surface area (Å²) in [6, 6.07) is 25.0. The molecule has 4 aromatic rings. The molecule has 0 amide bonds. The first-order valence-corrected chi connectivity index (χ1v) is 11.2. The topological polar surface area (TPSA) is 41.5 Å². The van der Waals surface area contributed by atoms with E-state index in [9.17, 15) is 0 Å². The van der Waals surface area contributed by atoms with Crippen LogP contribution in [0.5, 0.6) is 5.75 Å². The molecule has 32 heavy (non-hydrogen) atoms. The molecule has 162 valence electrons. The SMILES string of the molecule is c1ccc(CN2CCN(Cc3ccc(OCc4ccccn4)c4ncccc34)CC2)cc1. The molecule has 5 rings (SSSR count). The summed E-state index contributed by atoms with van der Waals surface area (Å²) in [5, 5.41) is 1.16. The summed E-state index contributed by atoms with van der Waals surface area (Å²) in [7, 11) is 0. The van der Waals surface area contributed by atoms with Crippen LogP contribution in [0.1, 0.15) is 16.8 Å². The molecular formula is C27H28N4O. The Morgan fingerprint density at radius 2 is 1.44 bits per heavy atom. The summed E-state index contributed by atoms with van der Waals surface area (Å²) in [6.07, 6.45) is 3.62. The van der Waals surface area contributed by atoms with Crippen molar-refractivity contribution >= 4 is 10.9 Å². The lowest BCUT2D eigenvalue weighted by atomic mass is 10.1. The molecular weight excluding hydrogens is 396 g/mol. The molecule has 1 saturated heterocycles. The first kappa shape index (κ1) is 20.6. The maximum absolute atomic E-state index is 6.08. The van der Waals surface area contributed by atoms with Crippen molar-refractivity contribution in [2.45, 2.75) is 19.7 Å². The molecule has 0 N–H and O–H groups in total. The normalized spacial score (nSPS) is 15.1. The van der Waals surface area contributed by atoms with Crippen LogP contribution < -0.4 is 4.74 Å². The molecule has 0 saturated carbocycles. The lowest BCUT2D eigenvalue weighted by Gasteiger charge is -2.35. The second-order valence-electron chi connectivity index (χ2n) is 8.27. The number of nitrogens with zero attached hydrogens (tertiary/aromatic N) is 4. The van der Waals surface area contributed by atoms with Crippen LogP contribution in [-0.4, -0.2) is 45.9 Å². The van der Waals surface area contributed by atoms with Gasteiger partial charge in [-0.05, 0) is 35.4 Å². The zero-order valence-corrected chi connectivity index (χ0v) is 18.2. The summed E-state index contributed by atoms with van der Waals surface area (Å²) in [4.78, 5) is 14.1. The Labute approximate surface area is 189 Å². The number of pyridine rings is 2. The van der Waals surface area contributed by atoms with E-state index in [1.165, 1.54) is 11.1 Å². The fourth-order valence-corrected chi connectivity index (χ4v) is 4.28. The van der Waals surface area contributed by atoms with Crippen LogP contribution in [0.4, 0.5) is 0 Å². The number of piperazine rings is 1. The van der Waals surface area contributed by atoms with Gasteiger partial charge in [0.15, 0.2) is 0 Å². The first-order valence-electron chi connectivity index (χ1n) is 11.2. The number of hydrogen-bond donors (Lipinski definition) is 0.